The lowest BCUT2D eigenvalue weighted by Crippen LogP contribution is -2.33. The SMILES string of the molecule is CC(=O)NC[C@H]1CN(c2ccc(N[C@@H]3CCNC3)c(F)c2)C(=O)O1. The first-order chi connectivity index (χ1) is 11.5. The molecule has 3 rings (SSSR count). The van der Waals surface area contributed by atoms with Gasteiger partial charge in [0.1, 0.15) is 11.9 Å². The van der Waals surface area contributed by atoms with Gasteiger partial charge in [0.25, 0.3) is 0 Å². The smallest absolute Gasteiger partial charge is 0.414 e. The minimum atomic E-state index is -0.537. The monoisotopic (exact) mass is 336 g/mol. The van der Waals surface area contributed by atoms with Crippen LogP contribution in [0.25, 0.3) is 0 Å². The number of nitrogens with zero attached hydrogens (tertiary/aromatic N) is 1. The van der Waals surface area contributed by atoms with Crippen LogP contribution in [0.2, 0.25) is 0 Å². The lowest BCUT2D eigenvalue weighted by atomic mass is 10.2. The fourth-order valence-electron chi connectivity index (χ4n) is 2.88. The molecule has 8 heteroatoms. The van der Waals surface area contributed by atoms with Gasteiger partial charge in [-0.25, -0.2) is 9.18 Å². The summed E-state index contributed by atoms with van der Waals surface area (Å²) < 4.78 is 19.5. The molecule has 0 aliphatic carbocycles. The number of carbonyl (C=O) groups excluding carboxylic acids is 2. The minimum Gasteiger partial charge on any atom is -0.442 e. The van der Waals surface area contributed by atoms with Crippen LogP contribution >= 0.6 is 0 Å². The maximum atomic E-state index is 14.3. The standard InChI is InChI=1S/C16H21FN4O3/c1-10(22)19-8-13-9-21(16(23)24-13)12-2-3-15(14(17)6-12)20-11-4-5-18-7-11/h2-3,6,11,13,18,20H,4-5,7-9H2,1H3,(H,19,22)/t11-,13+/m1/s1. The minimum absolute atomic E-state index is 0.188. The number of hydrogen-bond acceptors (Lipinski definition) is 5. The number of ether oxygens (including phenoxy) is 1. The molecule has 2 amide bonds. The molecule has 0 bridgehead atoms. The first-order valence-electron chi connectivity index (χ1n) is 8.02. The molecule has 2 heterocycles. The predicted molar refractivity (Wildman–Crippen MR) is 87.6 cm³/mol. The number of anilines is 2. The van der Waals surface area contributed by atoms with Crippen LogP contribution in [0.1, 0.15) is 13.3 Å². The zero-order chi connectivity index (χ0) is 17.1. The van der Waals surface area contributed by atoms with Crippen LogP contribution in [0.3, 0.4) is 0 Å². The first-order valence-corrected chi connectivity index (χ1v) is 8.02. The predicted octanol–water partition coefficient (Wildman–Crippen LogP) is 1.06. The van der Waals surface area contributed by atoms with Crippen molar-refractivity contribution in [2.45, 2.75) is 25.5 Å². The van der Waals surface area contributed by atoms with Crippen molar-refractivity contribution in [1.82, 2.24) is 10.6 Å². The summed E-state index contributed by atoms with van der Waals surface area (Å²) in [7, 11) is 0. The molecular formula is C16H21FN4O3. The molecule has 24 heavy (non-hydrogen) atoms. The van der Waals surface area contributed by atoms with E-state index in [9.17, 15) is 14.0 Å². The van der Waals surface area contributed by atoms with E-state index < -0.39 is 18.0 Å². The van der Waals surface area contributed by atoms with E-state index in [0.29, 0.717) is 11.4 Å². The second-order valence-corrected chi connectivity index (χ2v) is 6.05. The van der Waals surface area contributed by atoms with E-state index in [1.165, 1.54) is 17.9 Å². The quantitative estimate of drug-likeness (QED) is 0.749. The molecule has 2 atom stereocenters. The van der Waals surface area contributed by atoms with Crippen molar-refractivity contribution >= 4 is 23.4 Å². The highest BCUT2D eigenvalue weighted by Gasteiger charge is 2.32. The lowest BCUT2D eigenvalue weighted by molar-refractivity contribution is -0.119. The summed E-state index contributed by atoms with van der Waals surface area (Å²) in [5.41, 5.74) is 0.868. The van der Waals surface area contributed by atoms with Gasteiger partial charge in [-0.3, -0.25) is 9.69 Å². The largest absolute Gasteiger partial charge is 0.442 e. The summed E-state index contributed by atoms with van der Waals surface area (Å²) in [6.45, 7) is 3.65. The van der Waals surface area contributed by atoms with Gasteiger partial charge in [0.05, 0.1) is 24.5 Å². The molecule has 0 spiro atoms. The Morgan fingerprint density at radius 1 is 1.50 bits per heavy atom. The van der Waals surface area contributed by atoms with Crippen molar-refractivity contribution in [3.8, 4) is 0 Å². The fraction of sp³-hybridized carbons (Fsp3) is 0.500. The molecule has 0 radical (unpaired) electrons. The Bertz CT molecular complexity index is 634. The third kappa shape index (κ3) is 3.76. The highest BCUT2D eigenvalue weighted by Crippen LogP contribution is 2.26. The maximum Gasteiger partial charge on any atom is 0.414 e. The van der Waals surface area contributed by atoms with E-state index in [0.717, 1.165) is 19.5 Å². The van der Waals surface area contributed by atoms with Gasteiger partial charge in [-0.1, -0.05) is 0 Å². The van der Waals surface area contributed by atoms with Crippen LogP contribution < -0.4 is 20.9 Å². The molecule has 2 aliphatic rings. The zero-order valence-electron chi connectivity index (χ0n) is 13.5. The maximum absolute atomic E-state index is 14.3. The van der Waals surface area contributed by atoms with Crippen LogP contribution in [0.5, 0.6) is 0 Å². The van der Waals surface area contributed by atoms with Gasteiger partial charge in [-0.2, -0.15) is 0 Å². The molecule has 0 unspecified atom stereocenters. The van der Waals surface area contributed by atoms with E-state index in [4.69, 9.17) is 4.74 Å². The van der Waals surface area contributed by atoms with Gasteiger partial charge >= 0.3 is 6.09 Å². The third-order valence-corrected chi connectivity index (χ3v) is 4.14. The van der Waals surface area contributed by atoms with Crippen LogP contribution in [0.15, 0.2) is 18.2 Å². The molecule has 0 saturated carbocycles. The van der Waals surface area contributed by atoms with Crippen molar-refractivity contribution < 1.29 is 18.7 Å². The molecule has 130 valence electrons. The summed E-state index contributed by atoms with van der Waals surface area (Å²) in [6, 6.07) is 4.86. The Balaban J connectivity index is 1.65. The van der Waals surface area contributed by atoms with E-state index in [-0.39, 0.29) is 25.0 Å². The summed E-state index contributed by atoms with van der Waals surface area (Å²) in [4.78, 5) is 24.3. The van der Waals surface area contributed by atoms with Crippen molar-refractivity contribution in [3.05, 3.63) is 24.0 Å². The molecular weight excluding hydrogens is 315 g/mol. The van der Waals surface area contributed by atoms with Gasteiger partial charge in [0.2, 0.25) is 5.91 Å². The molecule has 2 saturated heterocycles. The summed E-state index contributed by atoms with van der Waals surface area (Å²) in [5.74, 6) is -0.593. The van der Waals surface area contributed by atoms with Crippen molar-refractivity contribution in [3.63, 3.8) is 0 Å². The first kappa shape index (κ1) is 16.5. The normalized spacial score (nSPS) is 23.2. The van der Waals surface area contributed by atoms with Gasteiger partial charge in [0, 0.05) is 19.5 Å². The molecule has 1 aromatic carbocycles. The van der Waals surface area contributed by atoms with Gasteiger partial charge < -0.3 is 20.7 Å². The second kappa shape index (κ2) is 7.04. The van der Waals surface area contributed by atoms with Crippen LogP contribution in [0, 0.1) is 5.82 Å². The summed E-state index contributed by atoms with van der Waals surface area (Å²) in [5, 5.41) is 8.98. The van der Waals surface area contributed by atoms with E-state index in [1.54, 1.807) is 12.1 Å². The molecule has 7 nitrogen and oxygen atoms in total. The van der Waals surface area contributed by atoms with Gasteiger partial charge in [-0.05, 0) is 31.2 Å². The highest BCUT2D eigenvalue weighted by atomic mass is 19.1. The summed E-state index contributed by atoms with van der Waals surface area (Å²) in [6.07, 6.45) is -0.0259. The third-order valence-electron chi connectivity index (χ3n) is 4.14. The Hall–Kier alpha value is -2.35. The van der Waals surface area contributed by atoms with E-state index >= 15 is 0 Å². The Kier molecular flexibility index (Phi) is 4.84. The zero-order valence-corrected chi connectivity index (χ0v) is 13.5. The number of benzene rings is 1. The lowest BCUT2D eigenvalue weighted by Gasteiger charge is -2.17. The topological polar surface area (TPSA) is 82.7 Å². The molecule has 3 N–H and O–H groups in total. The van der Waals surface area contributed by atoms with Gasteiger partial charge in [0.15, 0.2) is 0 Å². The Morgan fingerprint density at radius 2 is 2.33 bits per heavy atom. The highest BCUT2D eigenvalue weighted by molar-refractivity contribution is 5.90. The van der Waals surface area contributed by atoms with Gasteiger partial charge in [-0.15, -0.1) is 0 Å². The second-order valence-electron chi connectivity index (χ2n) is 6.05. The number of hydrogen-bond donors (Lipinski definition) is 3. The van der Waals surface area contributed by atoms with Crippen molar-refractivity contribution in [2.75, 3.05) is 36.4 Å². The van der Waals surface area contributed by atoms with E-state index in [2.05, 4.69) is 16.0 Å². The Labute approximate surface area is 139 Å². The molecule has 1 aromatic rings. The molecule has 2 aliphatic heterocycles. The number of amides is 2. The molecule has 0 aromatic heterocycles. The van der Waals surface area contributed by atoms with Crippen molar-refractivity contribution in [1.29, 1.82) is 0 Å². The number of rotatable bonds is 5. The Morgan fingerprint density at radius 3 is 3.00 bits per heavy atom. The molecule has 2 fully saturated rings. The number of nitrogens with one attached hydrogen (secondary N) is 3. The number of halogens is 1. The van der Waals surface area contributed by atoms with Crippen LogP contribution in [0.4, 0.5) is 20.6 Å². The fourth-order valence-corrected chi connectivity index (χ4v) is 2.88. The number of cyclic esters (lactones) is 1. The average Bonchev–Trinajstić information content (AvgIpc) is 3.17. The summed E-state index contributed by atoms with van der Waals surface area (Å²) >= 11 is 0. The van der Waals surface area contributed by atoms with Crippen molar-refractivity contribution in [2.24, 2.45) is 0 Å². The van der Waals surface area contributed by atoms with E-state index in [1.807, 2.05) is 0 Å². The van der Waals surface area contributed by atoms with Crippen LogP contribution in [-0.4, -0.2) is 50.3 Å². The average molecular weight is 336 g/mol. The number of carbonyl (C=O) groups is 2. The van der Waals surface area contributed by atoms with Crippen LogP contribution in [-0.2, 0) is 9.53 Å².